The van der Waals surface area contributed by atoms with Crippen LogP contribution in [0, 0.1) is 5.92 Å². The molecule has 3 unspecified atom stereocenters. The SMILES string of the molecule is CC1CN(C)CCC1NCC1CC(F)(F)C(=O)O1. The summed E-state index contributed by atoms with van der Waals surface area (Å²) < 4.78 is 30.6. The Balaban J connectivity index is 1.77. The molecule has 0 aromatic rings. The first-order valence-electron chi connectivity index (χ1n) is 6.39. The molecule has 1 N–H and O–H groups in total. The Morgan fingerprint density at radius 1 is 1.56 bits per heavy atom. The molecular weight excluding hydrogens is 242 g/mol. The summed E-state index contributed by atoms with van der Waals surface area (Å²) in [4.78, 5) is 13.1. The monoisotopic (exact) mass is 262 g/mol. The van der Waals surface area contributed by atoms with Crippen LogP contribution < -0.4 is 5.32 Å². The molecule has 0 spiro atoms. The van der Waals surface area contributed by atoms with Gasteiger partial charge in [0.15, 0.2) is 0 Å². The molecule has 0 aromatic carbocycles. The van der Waals surface area contributed by atoms with E-state index in [0.29, 0.717) is 18.5 Å². The van der Waals surface area contributed by atoms with E-state index in [-0.39, 0.29) is 0 Å². The number of esters is 1. The number of hydrogen-bond donors (Lipinski definition) is 1. The Bertz CT molecular complexity index is 325. The van der Waals surface area contributed by atoms with Crippen LogP contribution in [0.25, 0.3) is 0 Å². The molecule has 2 aliphatic rings. The zero-order valence-corrected chi connectivity index (χ0v) is 10.8. The molecular formula is C12H20F2N2O2. The van der Waals surface area contributed by atoms with Gasteiger partial charge in [-0.2, -0.15) is 8.78 Å². The molecule has 3 atom stereocenters. The number of piperidine rings is 1. The number of ether oxygens (including phenoxy) is 1. The number of alkyl halides is 2. The fourth-order valence-electron chi connectivity index (χ4n) is 2.70. The maximum absolute atomic E-state index is 13.0. The van der Waals surface area contributed by atoms with E-state index in [1.807, 2.05) is 0 Å². The van der Waals surface area contributed by atoms with Crippen molar-refractivity contribution >= 4 is 5.97 Å². The Morgan fingerprint density at radius 3 is 2.83 bits per heavy atom. The third-order valence-corrected chi connectivity index (χ3v) is 3.77. The van der Waals surface area contributed by atoms with Gasteiger partial charge in [0.05, 0.1) is 6.42 Å². The summed E-state index contributed by atoms with van der Waals surface area (Å²) in [6, 6.07) is 0.314. The van der Waals surface area contributed by atoms with Crippen molar-refractivity contribution in [2.75, 3.05) is 26.7 Å². The van der Waals surface area contributed by atoms with E-state index in [2.05, 4.69) is 28.9 Å². The standard InChI is InChI=1S/C12H20F2N2O2/c1-8-7-16(2)4-3-10(8)15-6-9-5-12(13,14)11(17)18-9/h8-10,15H,3-7H2,1-2H3. The lowest BCUT2D eigenvalue weighted by molar-refractivity contribution is -0.159. The first-order chi connectivity index (χ1) is 8.38. The van der Waals surface area contributed by atoms with E-state index < -0.39 is 24.4 Å². The molecule has 0 aromatic heterocycles. The van der Waals surface area contributed by atoms with Crippen molar-refractivity contribution in [1.29, 1.82) is 0 Å². The van der Waals surface area contributed by atoms with E-state index in [1.165, 1.54) is 0 Å². The Morgan fingerprint density at radius 2 is 2.28 bits per heavy atom. The molecule has 4 nitrogen and oxygen atoms in total. The summed E-state index contributed by atoms with van der Waals surface area (Å²) in [7, 11) is 2.08. The van der Waals surface area contributed by atoms with Crippen LogP contribution in [0.4, 0.5) is 8.78 Å². The van der Waals surface area contributed by atoms with Crippen molar-refractivity contribution < 1.29 is 18.3 Å². The van der Waals surface area contributed by atoms with Crippen LogP contribution in [0.1, 0.15) is 19.8 Å². The van der Waals surface area contributed by atoms with Crippen LogP contribution in [-0.4, -0.2) is 55.6 Å². The highest BCUT2D eigenvalue weighted by Crippen LogP contribution is 2.30. The number of halogens is 2. The number of nitrogens with one attached hydrogen (secondary N) is 1. The molecule has 2 saturated heterocycles. The molecule has 0 bridgehead atoms. The maximum Gasteiger partial charge on any atom is 0.377 e. The second-order valence-corrected chi connectivity index (χ2v) is 5.48. The van der Waals surface area contributed by atoms with Crippen LogP contribution in [0.3, 0.4) is 0 Å². The molecule has 0 saturated carbocycles. The lowest BCUT2D eigenvalue weighted by Crippen LogP contribution is -2.48. The van der Waals surface area contributed by atoms with Gasteiger partial charge in [0.1, 0.15) is 6.10 Å². The molecule has 18 heavy (non-hydrogen) atoms. The first kappa shape index (κ1) is 13.7. The van der Waals surface area contributed by atoms with Crippen LogP contribution in [-0.2, 0) is 9.53 Å². The van der Waals surface area contributed by atoms with E-state index in [9.17, 15) is 13.6 Å². The van der Waals surface area contributed by atoms with Crippen molar-refractivity contribution in [2.45, 2.75) is 37.8 Å². The largest absolute Gasteiger partial charge is 0.456 e. The third-order valence-electron chi connectivity index (χ3n) is 3.77. The minimum absolute atomic E-state index is 0.314. The van der Waals surface area contributed by atoms with E-state index in [1.54, 1.807) is 0 Å². The normalized spacial score (nSPS) is 36.7. The molecule has 104 valence electrons. The fourth-order valence-corrected chi connectivity index (χ4v) is 2.70. The number of nitrogens with zero attached hydrogens (tertiary/aromatic N) is 1. The molecule has 2 heterocycles. The van der Waals surface area contributed by atoms with Gasteiger partial charge in [0.25, 0.3) is 0 Å². The van der Waals surface area contributed by atoms with Crippen molar-refractivity contribution in [3.8, 4) is 0 Å². The topological polar surface area (TPSA) is 41.6 Å². The van der Waals surface area contributed by atoms with Gasteiger partial charge in [0, 0.05) is 19.1 Å². The minimum Gasteiger partial charge on any atom is -0.456 e. The van der Waals surface area contributed by atoms with Crippen LogP contribution >= 0.6 is 0 Å². The average Bonchev–Trinajstić information content (AvgIpc) is 2.51. The van der Waals surface area contributed by atoms with Gasteiger partial charge in [-0.05, 0) is 25.9 Å². The summed E-state index contributed by atoms with van der Waals surface area (Å²) in [6.45, 7) is 4.46. The highest BCUT2D eigenvalue weighted by atomic mass is 19.3. The first-order valence-corrected chi connectivity index (χ1v) is 6.39. The van der Waals surface area contributed by atoms with E-state index >= 15 is 0 Å². The number of likely N-dealkylation sites (tertiary alicyclic amines) is 1. The predicted molar refractivity (Wildman–Crippen MR) is 62.5 cm³/mol. The van der Waals surface area contributed by atoms with Crippen molar-refractivity contribution in [2.24, 2.45) is 5.92 Å². The van der Waals surface area contributed by atoms with E-state index in [0.717, 1.165) is 19.5 Å². The molecule has 6 heteroatoms. The smallest absolute Gasteiger partial charge is 0.377 e. The zero-order valence-electron chi connectivity index (χ0n) is 10.8. The van der Waals surface area contributed by atoms with Crippen LogP contribution in [0.5, 0.6) is 0 Å². The van der Waals surface area contributed by atoms with Crippen LogP contribution in [0.2, 0.25) is 0 Å². The second-order valence-electron chi connectivity index (χ2n) is 5.48. The summed E-state index contributed by atoms with van der Waals surface area (Å²) in [5, 5.41) is 3.25. The van der Waals surface area contributed by atoms with Gasteiger partial charge < -0.3 is 15.0 Å². The van der Waals surface area contributed by atoms with Gasteiger partial charge in [-0.25, -0.2) is 4.79 Å². The zero-order chi connectivity index (χ0) is 13.3. The molecule has 0 radical (unpaired) electrons. The number of cyclic esters (lactones) is 1. The summed E-state index contributed by atoms with van der Waals surface area (Å²) in [5.74, 6) is -4.21. The van der Waals surface area contributed by atoms with Gasteiger partial charge in [-0.1, -0.05) is 6.92 Å². The van der Waals surface area contributed by atoms with E-state index in [4.69, 9.17) is 0 Å². The molecule has 2 rings (SSSR count). The number of hydrogen-bond acceptors (Lipinski definition) is 4. The third kappa shape index (κ3) is 2.98. The lowest BCUT2D eigenvalue weighted by atomic mass is 9.94. The number of carbonyl (C=O) groups excluding carboxylic acids is 1. The number of carbonyl (C=O) groups is 1. The fraction of sp³-hybridized carbons (Fsp3) is 0.917. The Kier molecular flexibility index (Phi) is 3.87. The summed E-state index contributed by atoms with van der Waals surface area (Å²) in [6.07, 6.45) is -0.200. The highest BCUT2D eigenvalue weighted by Gasteiger charge is 2.50. The van der Waals surface area contributed by atoms with Gasteiger partial charge in [-0.15, -0.1) is 0 Å². The Hall–Kier alpha value is -0.750. The van der Waals surface area contributed by atoms with Crippen molar-refractivity contribution in [1.82, 2.24) is 10.2 Å². The molecule has 2 fully saturated rings. The van der Waals surface area contributed by atoms with Crippen LogP contribution in [0.15, 0.2) is 0 Å². The van der Waals surface area contributed by atoms with Crippen molar-refractivity contribution in [3.63, 3.8) is 0 Å². The summed E-state index contributed by atoms with van der Waals surface area (Å²) in [5.41, 5.74) is 0. The summed E-state index contributed by atoms with van der Waals surface area (Å²) >= 11 is 0. The predicted octanol–water partition coefficient (Wildman–Crippen LogP) is 0.867. The van der Waals surface area contributed by atoms with Gasteiger partial charge in [-0.3, -0.25) is 0 Å². The highest BCUT2D eigenvalue weighted by molar-refractivity contribution is 5.79. The average molecular weight is 262 g/mol. The number of rotatable bonds is 3. The minimum atomic E-state index is -3.30. The molecule has 0 aliphatic carbocycles. The van der Waals surface area contributed by atoms with Gasteiger partial charge in [0.2, 0.25) is 0 Å². The molecule has 2 aliphatic heterocycles. The lowest BCUT2D eigenvalue weighted by Gasteiger charge is -2.35. The quantitative estimate of drug-likeness (QED) is 0.766. The maximum atomic E-state index is 13.0. The second kappa shape index (κ2) is 5.09. The Labute approximate surface area is 106 Å². The van der Waals surface area contributed by atoms with Gasteiger partial charge >= 0.3 is 11.9 Å². The molecule has 0 amide bonds. The van der Waals surface area contributed by atoms with Crippen molar-refractivity contribution in [3.05, 3.63) is 0 Å².